The zero-order valence-corrected chi connectivity index (χ0v) is 18.3. The van der Waals surface area contributed by atoms with E-state index in [-0.39, 0.29) is 17.5 Å². The molecular weight excluding hydrogens is 490 g/mol. The maximum atomic E-state index is 13.5. The Morgan fingerprint density at radius 3 is 2.38 bits per heavy atom. The van der Waals surface area contributed by atoms with E-state index in [4.69, 9.17) is 0 Å². The topological polar surface area (TPSA) is 78.5 Å². The lowest BCUT2D eigenvalue weighted by atomic mass is 9.41. The normalized spacial score (nSPS) is 27.4. The number of nitrogens with zero attached hydrogens (tertiary/aromatic N) is 3. The summed E-state index contributed by atoms with van der Waals surface area (Å²) in [6.07, 6.45) is 0.255. The first kappa shape index (κ1) is 23.3. The van der Waals surface area contributed by atoms with E-state index in [9.17, 15) is 34.8 Å². The van der Waals surface area contributed by atoms with Gasteiger partial charge in [-0.25, -0.2) is 13.4 Å². The van der Waals surface area contributed by atoms with Crippen LogP contribution in [0.1, 0.15) is 30.5 Å². The number of ether oxygens (including phenoxy) is 1. The van der Waals surface area contributed by atoms with Crippen LogP contribution in [0.25, 0.3) is 0 Å². The highest BCUT2D eigenvalue weighted by molar-refractivity contribution is 7.89. The van der Waals surface area contributed by atoms with E-state index in [0.717, 1.165) is 31.4 Å². The van der Waals surface area contributed by atoms with Gasteiger partial charge < -0.3 is 14.6 Å². The van der Waals surface area contributed by atoms with Crippen LogP contribution in [0.3, 0.4) is 0 Å². The number of nitrogens with one attached hydrogen (secondary N) is 1. The van der Waals surface area contributed by atoms with Gasteiger partial charge in [-0.05, 0) is 54.4 Å². The van der Waals surface area contributed by atoms with Crippen LogP contribution >= 0.6 is 0 Å². The van der Waals surface area contributed by atoms with Crippen LogP contribution in [0.2, 0.25) is 0 Å². The van der Waals surface area contributed by atoms with Gasteiger partial charge in [0.15, 0.2) is 0 Å². The summed E-state index contributed by atoms with van der Waals surface area (Å²) in [6.45, 7) is -1.00. The summed E-state index contributed by atoms with van der Waals surface area (Å²) < 4.78 is 108. The fourth-order valence-electron chi connectivity index (χ4n) is 5.44. The number of hydrogen-bond acceptors (Lipinski definition) is 5. The summed E-state index contributed by atoms with van der Waals surface area (Å²) >= 11 is 0. The number of alkyl halides is 6. The van der Waals surface area contributed by atoms with E-state index in [2.05, 4.69) is 14.7 Å². The standard InChI is InChI=1S/C20H20F6N4O3S/c21-19(22,23)33-15-1-2-16-13(3-15)8-29(34(31,32)20(24,25)26)10-17(18-4-12(5-18)6-18)30(16)9-14-7-27-11-28-14/h1-3,7,11-12,17H,4-6,8-10H2,(H,27,28). The third-order valence-corrected chi connectivity index (χ3v) is 8.56. The van der Waals surface area contributed by atoms with Crippen molar-refractivity contribution < 1.29 is 39.5 Å². The molecule has 186 valence electrons. The molecule has 0 spiro atoms. The highest BCUT2D eigenvalue weighted by Gasteiger charge is 2.63. The first-order valence-electron chi connectivity index (χ1n) is 10.5. The third kappa shape index (κ3) is 3.89. The molecule has 14 heteroatoms. The third-order valence-electron chi connectivity index (χ3n) is 7.01. The molecule has 0 saturated heterocycles. The molecule has 1 unspecified atom stereocenters. The van der Waals surface area contributed by atoms with E-state index in [0.29, 0.717) is 21.6 Å². The number of aromatic nitrogens is 2. The Morgan fingerprint density at radius 2 is 1.85 bits per heavy atom. The highest BCUT2D eigenvalue weighted by atomic mass is 32.2. The fraction of sp³-hybridized carbons (Fsp3) is 0.550. The number of H-pyrrole nitrogens is 1. The molecule has 2 heterocycles. The smallest absolute Gasteiger partial charge is 0.406 e. The second kappa shape index (κ2) is 7.51. The second-order valence-corrected chi connectivity index (χ2v) is 11.1. The van der Waals surface area contributed by atoms with Crippen molar-refractivity contribution in [1.82, 2.24) is 14.3 Å². The van der Waals surface area contributed by atoms with Crippen molar-refractivity contribution in [2.24, 2.45) is 11.3 Å². The van der Waals surface area contributed by atoms with Crippen LogP contribution in [0.15, 0.2) is 30.7 Å². The van der Waals surface area contributed by atoms with E-state index in [1.54, 1.807) is 4.90 Å². The highest BCUT2D eigenvalue weighted by Crippen LogP contribution is 2.67. The quantitative estimate of drug-likeness (QED) is 0.612. The van der Waals surface area contributed by atoms with Crippen LogP contribution in [0.5, 0.6) is 5.75 Å². The minimum Gasteiger partial charge on any atom is -0.406 e. The molecule has 4 aliphatic rings. The van der Waals surface area contributed by atoms with E-state index >= 15 is 0 Å². The van der Waals surface area contributed by atoms with Crippen molar-refractivity contribution in [3.8, 4) is 5.75 Å². The lowest BCUT2D eigenvalue weighted by Gasteiger charge is -2.67. The molecule has 6 rings (SSSR count). The number of halogens is 6. The van der Waals surface area contributed by atoms with E-state index in [1.165, 1.54) is 18.6 Å². The van der Waals surface area contributed by atoms with Crippen LogP contribution in [0.4, 0.5) is 32.0 Å². The van der Waals surface area contributed by atoms with Crippen molar-refractivity contribution in [2.75, 3.05) is 11.4 Å². The molecule has 3 fully saturated rings. The number of hydrogen-bond donors (Lipinski definition) is 1. The predicted octanol–water partition coefficient (Wildman–Crippen LogP) is 4.15. The largest absolute Gasteiger partial charge is 0.573 e. The Hall–Kier alpha value is -2.48. The summed E-state index contributed by atoms with van der Waals surface area (Å²) in [4.78, 5) is 8.68. The van der Waals surface area contributed by atoms with Gasteiger partial charge in [0.25, 0.3) is 0 Å². The van der Waals surface area contributed by atoms with Gasteiger partial charge in [-0.1, -0.05) is 0 Å². The Balaban J connectivity index is 1.62. The Labute approximate surface area is 190 Å². The average molecular weight is 510 g/mol. The molecule has 1 aliphatic heterocycles. The minimum atomic E-state index is -5.74. The Kier molecular flexibility index (Phi) is 5.14. The molecule has 3 aliphatic carbocycles. The fourth-order valence-corrected chi connectivity index (χ4v) is 6.38. The van der Waals surface area contributed by atoms with E-state index < -0.39 is 46.8 Å². The number of fused-ring (bicyclic) bond motifs is 1. The predicted molar refractivity (Wildman–Crippen MR) is 107 cm³/mol. The molecule has 0 radical (unpaired) electrons. The summed E-state index contributed by atoms with van der Waals surface area (Å²) in [5.74, 6) is -0.173. The summed E-state index contributed by atoms with van der Waals surface area (Å²) in [5.41, 5.74) is -4.92. The second-order valence-electron chi connectivity index (χ2n) is 9.14. The van der Waals surface area contributed by atoms with E-state index in [1.807, 2.05) is 0 Å². The van der Waals surface area contributed by atoms with Gasteiger partial charge in [0.1, 0.15) is 5.75 Å². The number of aromatic amines is 1. The molecule has 2 aromatic rings. The number of sulfonamides is 1. The van der Waals surface area contributed by atoms with Crippen LogP contribution < -0.4 is 9.64 Å². The average Bonchev–Trinajstić information content (AvgIpc) is 3.08. The Bertz CT molecular complexity index is 1160. The minimum absolute atomic E-state index is 0.0109. The summed E-state index contributed by atoms with van der Waals surface area (Å²) in [7, 11) is -5.74. The monoisotopic (exact) mass is 510 g/mol. The first-order chi connectivity index (χ1) is 15.8. The van der Waals surface area contributed by atoms with Crippen molar-refractivity contribution >= 4 is 15.7 Å². The maximum absolute atomic E-state index is 13.5. The van der Waals surface area contributed by atoms with Crippen LogP contribution in [0, 0.1) is 11.3 Å². The van der Waals surface area contributed by atoms with Gasteiger partial charge in [0, 0.05) is 31.0 Å². The lowest BCUT2D eigenvalue weighted by Crippen LogP contribution is -2.66. The SMILES string of the molecule is O=S(=O)(N1Cc2cc(OC(F)(F)F)ccc2N(Cc2cnc[nH]2)C(C23CC(C2)C3)C1)C(F)(F)F. The molecule has 3 saturated carbocycles. The maximum Gasteiger partial charge on any atom is 0.573 e. The van der Waals surface area contributed by atoms with Crippen LogP contribution in [-0.4, -0.2) is 47.1 Å². The molecule has 1 N–H and O–H groups in total. The molecule has 1 aromatic carbocycles. The van der Waals surface area contributed by atoms with Crippen LogP contribution in [-0.2, 0) is 23.1 Å². The van der Waals surface area contributed by atoms with Crippen molar-refractivity contribution in [1.29, 1.82) is 0 Å². The lowest BCUT2D eigenvalue weighted by molar-refractivity contribution is -0.274. The number of benzene rings is 1. The zero-order chi connectivity index (χ0) is 24.5. The number of imidazole rings is 1. The number of anilines is 1. The van der Waals surface area contributed by atoms with Gasteiger partial charge in [-0.15, -0.1) is 13.2 Å². The summed E-state index contributed by atoms with van der Waals surface area (Å²) in [6, 6.07) is 2.77. The van der Waals surface area contributed by atoms with Crippen molar-refractivity contribution in [2.45, 2.75) is 50.3 Å². The molecular formula is C20H20F6N4O3S. The number of rotatable bonds is 5. The molecule has 1 atom stereocenters. The Morgan fingerprint density at radius 1 is 1.15 bits per heavy atom. The van der Waals surface area contributed by atoms with Gasteiger partial charge in [-0.2, -0.15) is 17.5 Å². The van der Waals surface area contributed by atoms with Gasteiger partial charge in [-0.3, -0.25) is 0 Å². The molecule has 2 bridgehead atoms. The molecule has 34 heavy (non-hydrogen) atoms. The molecule has 1 aromatic heterocycles. The first-order valence-corrected chi connectivity index (χ1v) is 11.9. The van der Waals surface area contributed by atoms with Gasteiger partial charge in [0.05, 0.1) is 18.6 Å². The molecule has 7 nitrogen and oxygen atoms in total. The van der Waals surface area contributed by atoms with Crippen molar-refractivity contribution in [3.05, 3.63) is 42.0 Å². The summed E-state index contributed by atoms with van der Waals surface area (Å²) in [5, 5.41) is 0. The molecule has 0 amide bonds. The van der Waals surface area contributed by atoms with Gasteiger partial charge in [0.2, 0.25) is 0 Å². The van der Waals surface area contributed by atoms with Crippen molar-refractivity contribution in [3.63, 3.8) is 0 Å². The zero-order valence-electron chi connectivity index (χ0n) is 17.5. The van der Waals surface area contributed by atoms with Gasteiger partial charge >= 0.3 is 21.9 Å².